The molecule has 0 N–H and O–H groups in total. The zero-order valence-corrected chi connectivity index (χ0v) is 10.3. The molecule has 0 aliphatic rings. The summed E-state index contributed by atoms with van der Waals surface area (Å²) in [5.74, 6) is 0.564. The van der Waals surface area contributed by atoms with Gasteiger partial charge in [0.1, 0.15) is 0 Å². The highest BCUT2D eigenvalue weighted by molar-refractivity contribution is 9.09. The second-order valence-electron chi connectivity index (χ2n) is 2.84. The number of rotatable bonds is 4. The summed E-state index contributed by atoms with van der Waals surface area (Å²) in [6, 6.07) is 5.89. The maximum absolute atomic E-state index is 5.90. The van der Waals surface area contributed by atoms with Gasteiger partial charge in [0.15, 0.2) is 0 Å². The van der Waals surface area contributed by atoms with Crippen LogP contribution in [0.2, 0.25) is 5.02 Å². The van der Waals surface area contributed by atoms with E-state index in [1.54, 1.807) is 0 Å². The van der Waals surface area contributed by atoms with Crippen LogP contribution in [0.1, 0.15) is 17.5 Å². The number of halogens is 3. The van der Waals surface area contributed by atoms with Crippen molar-refractivity contribution >= 4 is 39.1 Å². The summed E-state index contributed by atoms with van der Waals surface area (Å²) >= 11 is 15.1. The fraction of sp³-hybridized carbons (Fsp3) is 0.400. The summed E-state index contributed by atoms with van der Waals surface area (Å²) in [7, 11) is 0. The van der Waals surface area contributed by atoms with Gasteiger partial charge in [0.05, 0.1) is 0 Å². The van der Waals surface area contributed by atoms with Crippen molar-refractivity contribution in [2.24, 2.45) is 0 Å². The molecule has 1 rings (SSSR count). The fourth-order valence-corrected chi connectivity index (χ4v) is 1.95. The Morgan fingerprint density at radius 3 is 2.62 bits per heavy atom. The van der Waals surface area contributed by atoms with Crippen LogP contribution in [-0.2, 0) is 12.3 Å². The SMILES string of the molecule is ClCc1ccc(Cl)cc1CCCBr. The first-order valence-corrected chi connectivity index (χ1v) is 6.20. The van der Waals surface area contributed by atoms with Crippen molar-refractivity contribution in [1.82, 2.24) is 0 Å². The second-order valence-corrected chi connectivity index (χ2v) is 4.34. The average Bonchev–Trinajstić information content (AvgIpc) is 2.15. The van der Waals surface area contributed by atoms with Crippen LogP contribution in [0.25, 0.3) is 0 Å². The van der Waals surface area contributed by atoms with E-state index in [2.05, 4.69) is 15.9 Å². The maximum Gasteiger partial charge on any atom is 0.0476 e. The number of hydrogen-bond acceptors (Lipinski definition) is 0. The van der Waals surface area contributed by atoms with E-state index in [1.807, 2.05) is 18.2 Å². The van der Waals surface area contributed by atoms with E-state index in [0.717, 1.165) is 23.2 Å². The van der Waals surface area contributed by atoms with Gasteiger partial charge in [-0.05, 0) is 36.1 Å². The molecule has 0 nitrogen and oxygen atoms in total. The molecule has 0 aromatic heterocycles. The molecule has 0 fully saturated rings. The van der Waals surface area contributed by atoms with Crippen LogP contribution in [-0.4, -0.2) is 5.33 Å². The number of hydrogen-bond donors (Lipinski definition) is 0. The van der Waals surface area contributed by atoms with Gasteiger partial charge in [-0.25, -0.2) is 0 Å². The first-order chi connectivity index (χ1) is 6.27. The van der Waals surface area contributed by atoms with E-state index in [9.17, 15) is 0 Å². The van der Waals surface area contributed by atoms with Crippen LogP contribution in [0.4, 0.5) is 0 Å². The molecule has 1 aromatic carbocycles. The lowest BCUT2D eigenvalue weighted by atomic mass is 10.0. The van der Waals surface area contributed by atoms with Gasteiger partial charge in [0.2, 0.25) is 0 Å². The lowest BCUT2D eigenvalue weighted by Gasteiger charge is -2.06. The van der Waals surface area contributed by atoms with Gasteiger partial charge in [0, 0.05) is 16.2 Å². The molecular formula is C10H11BrCl2. The van der Waals surface area contributed by atoms with Crippen molar-refractivity contribution in [3.63, 3.8) is 0 Å². The molecule has 0 aliphatic heterocycles. The van der Waals surface area contributed by atoms with E-state index in [4.69, 9.17) is 23.2 Å². The maximum atomic E-state index is 5.90. The van der Waals surface area contributed by atoms with Gasteiger partial charge >= 0.3 is 0 Å². The third-order valence-corrected chi connectivity index (χ3v) is 2.98. The Kier molecular flexibility index (Phi) is 5.15. The summed E-state index contributed by atoms with van der Waals surface area (Å²) in [5.41, 5.74) is 2.45. The molecule has 0 bridgehead atoms. The molecule has 3 heteroatoms. The van der Waals surface area contributed by atoms with Crippen LogP contribution in [0.5, 0.6) is 0 Å². The Labute approximate surface area is 97.4 Å². The normalized spacial score (nSPS) is 10.4. The Balaban J connectivity index is 2.81. The molecule has 0 saturated carbocycles. The van der Waals surface area contributed by atoms with Crippen molar-refractivity contribution in [3.05, 3.63) is 34.3 Å². The van der Waals surface area contributed by atoms with Crippen LogP contribution in [0.15, 0.2) is 18.2 Å². The van der Waals surface area contributed by atoms with Crippen LogP contribution >= 0.6 is 39.1 Å². The predicted octanol–water partition coefficient (Wildman–Crippen LogP) is 4.41. The van der Waals surface area contributed by atoms with Gasteiger partial charge in [-0.1, -0.05) is 33.6 Å². The minimum atomic E-state index is 0.564. The molecule has 0 amide bonds. The Hall–Kier alpha value is 0.280. The van der Waals surface area contributed by atoms with Gasteiger partial charge in [-0.3, -0.25) is 0 Å². The molecule has 0 aliphatic carbocycles. The highest BCUT2D eigenvalue weighted by Crippen LogP contribution is 2.19. The smallest absolute Gasteiger partial charge is 0.0476 e. The van der Waals surface area contributed by atoms with Crippen LogP contribution < -0.4 is 0 Å². The summed E-state index contributed by atoms with van der Waals surface area (Å²) in [5, 5.41) is 1.81. The van der Waals surface area contributed by atoms with Crippen molar-refractivity contribution < 1.29 is 0 Å². The Morgan fingerprint density at radius 1 is 1.23 bits per heavy atom. The highest BCUT2D eigenvalue weighted by Gasteiger charge is 2.01. The van der Waals surface area contributed by atoms with E-state index < -0.39 is 0 Å². The second kappa shape index (κ2) is 5.90. The summed E-state index contributed by atoms with van der Waals surface area (Å²) in [6.07, 6.45) is 2.15. The third kappa shape index (κ3) is 3.49. The standard InChI is InChI=1S/C10H11BrCl2/c11-5-1-2-8-6-10(13)4-3-9(8)7-12/h3-4,6H,1-2,5,7H2. The van der Waals surface area contributed by atoms with Gasteiger partial charge in [-0.15, -0.1) is 11.6 Å². The zero-order chi connectivity index (χ0) is 9.68. The largest absolute Gasteiger partial charge is 0.122 e. The third-order valence-electron chi connectivity index (χ3n) is 1.89. The molecule has 13 heavy (non-hydrogen) atoms. The zero-order valence-electron chi connectivity index (χ0n) is 7.19. The molecule has 0 spiro atoms. The highest BCUT2D eigenvalue weighted by atomic mass is 79.9. The lowest BCUT2D eigenvalue weighted by molar-refractivity contribution is 0.927. The number of benzene rings is 1. The molecule has 0 saturated heterocycles. The summed E-state index contributed by atoms with van der Waals surface area (Å²) < 4.78 is 0. The Bertz CT molecular complexity index is 274. The number of aryl methyl sites for hydroxylation is 1. The first kappa shape index (κ1) is 11.4. The van der Waals surface area contributed by atoms with Crippen LogP contribution in [0.3, 0.4) is 0 Å². The fourth-order valence-electron chi connectivity index (χ4n) is 1.21. The molecule has 1 aromatic rings. The molecule has 72 valence electrons. The molecule has 0 unspecified atom stereocenters. The summed E-state index contributed by atoms with van der Waals surface area (Å²) in [6.45, 7) is 0. The topological polar surface area (TPSA) is 0 Å². The van der Waals surface area contributed by atoms with E-state index in [1.165, 1.54) is 11.1 Å². The minimum absolute atomic E-state index is 0.564. The van der Waals surface area contributed by atoms with Crippen LogP contribution in [0, 0.1) is 0 Å². The first-order valence-electron chi connectivity index (χ1n) is 4.17. The monoisotopic (exact) mass is 280 g/mol. The average molecular weight is 282 g/mol. The summed E-state index contributed by atoms with van der Waals surface area (Å²) in [4.78, 5) is 0. The molecule has 0 radical (unpaired) electrons. The number of alkyl halides is 2. The Morgan fingerprint density at radius 2 is 2.00 bits per heavy atom. The van der Waals surface area contributed by atoms with E-state index >= 15 is 0 Å². The molecular weight excluding hydrogens is 271 g/mol. The van der Waals surface area contributed by atoms with E-state index in [0.29, 0.717) is 5.88 Å². The molecule has 0 heterocycles. The van der Waals surface area contributed by atoms with Gasteiger partial charge in [-0.2, -0.15) is 0 Å². The minimum Gasteiger partial charge on any atom is -0.122 e. The predicted molar refractivity (Wildman–Crippen MR) is 63.1 cm³/mol. The van der Waals surface area contributed by atoms with E-state index in [-0.39, 0.29) is 0 Å². The quantitative estimate of drug-likeness (QED) is 0.718. The lowest BCUT2D eigenvalue weighted by Crippen LogP contribution is -1.92. The van der Waals surface area contributed by atoms with Crippen molar-refractivity contribution in [3.8, 4) is 0 Å². The van der Waals surface area contributed by atoms with Gasteiger partial charge < -0.3 is 0 Å². The van der Waals surface area contributed by atoms with Crippen molar-refractivity contribution in [1.29, 1.82) is 0 Å². The van der Waals surface area contributed by atoms with Gasteiger partial charge in [0.25, 0.3) is 0 Å². The van der Waals surface area contributed by atoms with Crippen molar-refractivity contribution in [2.75, 3.05) is 5.33 Å². The molecule has 0 atom stereocenters. The van der Waals surface area contributed by atoms with Crippen molar-refractivity contribution in [2.45, 2.75) is 18.7 Å².